The Balaban J connectivity index is 2.47. The lowest BCUT2D eigenvalue weighted by Gasteiger charge is -2.16. The molecule has 0 bridgehead atoms. The Morgan fingerprint density at radius 2 is 2.30 bits per heavy atom. The summed E-state index contributed by atoms with van der Waals surface area (Å²) in [6.45, 7) is 2.16. The van der Waals surface area contributed by atoms with Gasteiger partial charge in [-0.2, -0.15) is 0 Å². The first-order valence-corrected chi connectivity index (χ1v) is 3.92. The molecule has 0 aromatic heterocycles. The molecule has 1 unspecified atom stereocenters. The summed E-state index contributed by atoms with van der Waals surface area (Å²) in [7, 11) is 0. The Labute approximate surface area is 62.3 Å². The molecule has 56 valence electrons. The average Bonchev–Trinajstić information content (AvgIpc) is 1.88. The Bertz CT molecular complexity index is 131. The normalized spacial score (nSPS) is 26.5. The molecule has 0 aromatic rings. The maximum atomic E-state index is 7.26. The molecule has 1 saturated carbocycles. The molecule has 0 amide bonds. The van der Waals surface area contributed by atoms with Gasteiger partial charge in [0, 0.05) is 0 Å². The van der Waals surface area contributed by atoms with Crippen molar-refractivity contribution in [3.8, 4) is 0 Å². The van der Waals surface area contributed by atoms with Gasteiger partial charge < -0.3 is 5.73 Å². The van der Waals surface area contributed by atoms with Crippen LogP contribution in [0.1, 0.15) is 32.6 Å². The first-order chi connectivity index (χ1) is 4.72. The molecule has 0 spiro atoms. The molecular weight excluding hydrogens is 124 g/mol. The van der Waals surface area contributed by atoms with Crippen LogP contribution in [0.4, 0.5) is 0 Å². The van der Waals surface area contributed by atoms with E-state index >= 15 is 0 Å². The van der Waals surface area contributed by atoms with Crippen LogP contribution >= 0.6 is 0 Å². The molecule has 2 heteroatoms. The summed E-state index contributed by atoms with van der Waals surface area (Å²) in [4.78, 5) is 0. The topological polar surface area (TPSA) is 49.9 Å². The van der Waals surface area contributed by atoms with Crippen LogP contribution in [0.5, 0.6) is 0 Å². The maximum Gasteiger partial charge on any atom is 0.284 e. The molecule has 0 heterocycles. The third kappa shape index (κ3) is 1.43. The molecule has 0 aromatic carbocycles. The summed E-state index contributed by atoms with van der Waals surface area (Å²) in [5.74, 6) is 2.05. The van der Waals surface area contributed by atoms with E-state index in [0.717, 1.165) is 6.42 Å². The zero-order valence-electron chi connectivity index (χ0n) is 6.48. The minimum absolute atomic E-state index is 0.312. The minimum atomic E-state index is 0.312. The third-order valence-electron chi connectivity index (χ3n) is 2.27. The van der Waals surface area contributed by atoms with Crippen LogP contribution in [0.3, 0.4) is 0 Å². The Hall–Kier alpha value is -0.660. The van der Waals surface area contributed by atoms with E-state index in [1.165, 1.54) is 25.2 Å². The van der Waals surface area contributed by atoms with Crippen LogP contribution in [-0.2, 0) is 0 Å². The zero-order chi connectivity index (χ0) is 7.56. The summed E-state index contributed by atoms with van der Waals surface area (Å²) in [5, 5.41) is 7.26. The van der Waals surface area contributed by atoms with E-state index in [9.17, 15) is 0 Å². The van der Waals surface area contributed by atoms with Crippen LogP contribution in [0, 0.1) is 17.2 Å². The summed E-state index contributed by atoms with van der Waals surface area (Å²) in [5.41, 5.74) is 5.40. The number of hydrogen-bond donors (Lipinski definition) is 2. The van der Waals surface area contributed by atoms with E-state index in [1.54, 1.807) is 0 Å². The van der Waals surface area contributed by atoms with Crippen LogP contribution in [0.15, 0.2) is 0 Å². The van der Waals surface area contributed by atoms with E-state index in [0.29, 0.717) is 11.8 Å². The quantitative estimate of drug-likeness (QED) is 0.324. The highest BCUT2D eigenvalue weighted by Crippen LogP contribution is 2.30. The molecule has 0 saturated heterocycles. The van der Waals surface area contributed by atoms with E-state index in [2.05, 4.69) is 6.92 Å². The summed E-state index contributed by atoms with van der Waals surface area (Å²) in [6.07, 6.45) is 4.79. The van der Waals surface area contributed by atoms with Crippen LogP contribution in [0.2, 0.25) is 0 Å². The SMILES string of the molecule is CC1CCCC[C+]1C(=N)N. The van der Waals surface area contributed by atoms with E-state index < -0.39 is 0 Å². The monoisotopic (exact) mass is 139 g/mol. The molecule has 0 radical (unpaired) electrons. The van der Waals surface area contributed by atoms with Crippen LogP contribution in [0.25, 0.3) is 0 Å². The predicted molar refractivity (Wildman–Crippen MR) is 42.8 cm³/mol. The van der Waals surface area contributed by atoms with Crippen molar-refractivity contribution in [1.82, 2.24) is 0 Å². The highest BCUT2D eigenvalue weighted by molar-refractivity contribution is 5.91. The van der Waals surface area contributed by atoms with Crippen molar-refractivity contribution in [3.63, 3.8) is 0 Å². The number of hydrogen-bond acceptors (Lipinski definition) is 1. The standard InChI is InChI=1S/C8H15N2/c1-6-4-2-3-5-7(6)8(9)10/h6H,2-5H2,1H3,(H3,9,10)/q+1. The summed E-state index contributed by atoms with van der Waals surface area (Å²) < 4.78 is 0. The largest absolute Gasteiger partial charge is 0.348 e. The number of amidine groups is 1. The lowest BCUT2D eigenvalue weighted by atomic mass is 9.80. The summed E-state index contributed by atoms with van der Waals surface area (Å²) >= 11 is 0. The fourth-order valence-corrected chi connectivity index (χ4v) is 1.59. The fourth-order valence-electron chi connectivity index (χ4n) is 1.59. The molecule has 2 nitrogen and oxygen atoms in total. The van der Waals surface area contributed by atoms with Crippen molar-refractivity contribution in [3.05, 3.63) is 5.92 Å². The van der Waals surface area contributed by atoms with Gasteiger partial charge in [0.1, 0.15) is 5.92 Å². The molecule has 10 heavy (non-hydrogen) atoms. The highest BCUT2D eigenvalue weighted by Gasteiger charge is 2.34. The second kappa shape index (κ2) is 2.95. The molecule has 1 fully saturated rings. The summed E-state index contributed by atoms with van der Waals surface area (Å²) in [6, 6.07) is 0. The van der Waals surface area contributed by atoms with Crippen molar-refractivity contribution >= 4 is 5.84 Å². The lowest BCUT2D eigenvalue weighted by molar-refractivity contribution is 0.449. The Morgan fingerprint density at radius 1 is 1.60 bits per heavy atom. The first-order valence-electron chi connectivity index (χ1n) is 3.92. The van der Waals surface area contributed by atoms with Crippen molar-refractivity contribution in [1.29, 1.82) is 5.41 Å². The van der Waals surface area contributed by atoms with E-state index in [4.69, 9.17) is 11.1 Å². The second-order valence-electron chi connectivity index (χ2n) is 3.09. The van der Waals surface area contributed by atoms with Gasteiger partial charge >= 0.3 is 0 Å². The van der Waals surface area contributed by atoms with Gasteiger partial charge in [0.05, 0.1) is 6.42 Å². The first kappa shape index (κ1) is 7.45. The van der Waals surface area contributed by atoms with Gasteiger partial charge in [0.2, 0.25) is 0 Å². The van der Waals surface area contributed by atoms with Gasteiger partial charge in [-0.15, -0.1) is 0 Å². The Kier molecular flexibility index (Phi) is 2.20. The highest BCUT2D eigenvalue weighted by atomic mass is 14.7. The van der Waals surface area contributed by atoms with Gasteiger partial charge in [-0.05, 0) is 26.2 Å². The second-order valence-corrected chi connectivity index (χ2v) is 3.09. The number of rotatable bonds is 1. The molecule has 1 aliphatic carbocycles. The van der Waals surface area contributed by atoms with Crippen molar-refractivity contribution in [2.75, 3.05) is 0 Å². The van der Waals surface area contributed by atoms with E-state index in [1.807, 2.05) is 0 Å². The zero-order valence-corrected chi connectivity index (χ0v) is 6.48. The van der Waals surface area contributed by atoms with Crippen LogP contribution in [-0.4, -0.2) is 5.84 Å². The van der Waals surface area contributed by atoms with Gasteiger partial charge in [-0.3, -0.25) is 0 Å². The number of nitrogens with one attached hydrogen (secondary N) is 1. The third-order valence-corrected chi connectivity index (χ3v) is 2.27. The molecule has 1 aliphatic rings. The van der Waals surface area contributed by atoms with Crippen molar-refractivity contribution < 1.29 is 0 Å². The van der Waals surface area contributed by atoms with Crippen LogP contribution < -0.4 is 5.73 Å². The van der Waals surface area contributed by atoms with E-state index in [-0.39, 0.29) is 0 Å². The molecule has 1 rings (SSSR count). The van der Waals surface area contributed by atoms with Gasteiger partial charge in [-0.25, -0.2) is 5.41 Å². The average molecular weight is 139 g/mol. The molecule has 0 aliphatic heterocycles. The maximum absolute atomic E-state index is 7.26. The molecule has 3 N–H and O–H groups in total. The molecular formula is C8H15N2+. The van der Waals surface area contributed by atoms with Crippen molar-refractivity contribution in [2.24, 2.45) is 11.7 Å². The lowest BCUT2D eigenvalue weighted by Crippen LogP contribution is -2.28. The van der Waals surface area contributed by atoms with Gasteiger partial charge in [0.15, 0.2) is 5.92 Å². The molecule has 1 atom stereocenters. The van der Waals surface area contributed by atoms with Crippen molar-refractivity contribution in [2.45, 2.75) is 32.6 Å². The smallest absolute Gasteiger partial charge is 0.284 e. The fraction of sp³-hybridized carbons (Fsp3) is 0.750. The Morgan fingerprint density at radius 3 is 2.70 bits per heavy atom. The minimum Gasteiger partial charge on any atom is -0.348 e. The van der Waals surface area contributed by atoms with Gasteiger partial charge in [-0.1, -0.05) is 0 Å². The van der Waals surface area contributed by atoms with Gasteiger partial charge in [0.25, 0.3) is 5.84 Å². The predicted octanol–water partition coefficient (Wildman–Crippen LogP) is 1.71. The number of nitrogens with two attached hydrogens (primary N) is 1.